The molecule has 0 saturated carbocycles. The predicted octanol–water partition coefficient (Wildman–Crippen LogP) is -0.520. The topological polar surface area (TPSA) is 64.6 Å². The van der Waals surface area contributed by atoms with Crippen molar-refractivity contribution in [3.63, 3.8) is 0 Å². The summed E-state index contributed by atoms with van der Waals surface area (Å²) in [6, 6.07) is 0. The highest BCUT2D eigenvalue weighted by molar-refractivity contribution is 6.24. The Balaban J connectivity index is 4.19. The number of hydrogen-bond acceptors (Lipinski definition) is 7. The van der Waals surface area contributed by atoms with E-state index in [-0.39, 0.29) is 0 Å². The lowest BCUT2D eigenvalue weighted by Gasteiger charge is -2.25. The molecule has 0 rings (SSSR count). The van der Waals surface area contributed by atoms with Crippen molar-refractivity contribution in [2.45, 2.75) is 12.7 Å². The molecule has 0 aliphatic heterocycles. The molecule has 0 radical (unpaired) electrons. The van der Waals surface area contributed by atoms with E-state index in [1.165, 1.54) is 21.3 Å². The summed E-state index contributed by atoms with van der Waals surface area (Å²) in [7, 11) is 2.95. The molecule has 0 saturated heterocycles. The number of rotatable bonds is 8. The van der Waals surface area contributed by atoms with Crippen molar-refractivity contribution in [1.82, 2.24) is 0 Å². The third-order valence-electron chi connectivity index (χ3n) is 0.877. The Kier molecular flexibility index (Phi) is 7.32. The smallest absolute Gasteiger partial charge is 0.348 e. The van der Waals surface area contributed by atoms with Crippen LogP contribution in [0.25, 0.3) is 0 Å². The lowest BCUT2D eigenvalue weighted by atomic mass is 11.1. The lowest BCUT2D eigenvalue weighted by Crippen LogP contribution is -2.42. The zero-order valence-electron chi connectivity index (χ0n) is 8.06. The number of hydrogen-bond donors (Lipinski definition) is 0. The molecule has 0 aliphatic rings. The van der Waals surface area contributed by atoms with Gasteiger partial charge in [0.25, 0.3) is 0 Å². The van der Waals surface area contributed by atoms with Crippen LogP contribution in [0.5, 0.6) is 0 Å². The summed E-state index contributed by atoms with van der Waals surface area (Å²) < 4.78 is 5.05. The molecule has 0 aromatic carbocycles. The Bertz CT molecular complexity index is 91.9. The van der Waals surface area contributed by atoms with Crippen molar-refractivity contribution in [3.8, 4) is 0 Å². The highest BCUT2D eigenvalue weighted by Gasteiger charge is 2.39. The standard InChI is InChI=1S/C5H14O7Si/c1-6-9-5(10-7-2,11-8-3)12-13-4/h13H2,1-4H3. The summed E-state index contributed by atoms with van der Waals surface area (Å²) in [4.78, 5) is 26.8. The van der Waals surface area contributed by atoms with Crippen LogP contribution in [-0.2, 0) is 33.8 Å². The maximum absolute atomic E-state index is 5.05. The van der Waals surface area contributed by atoms with Crippen LogP contribution in [-0.4, -0.2) is 37.3 Å². The SMILES string of the molecule is COOC(OOC)(OOC)O[SiH2]C. The Labute approximate surface area is 78.5 Å². The fourth-order valence-electron chi connectivity index (χ4n) is 0.597. The third-order valence-corrected chi connectivity index (χ3v) is 1.52. The van der Waals surface area contributed by atoms with Gasteiger partial charge in [-0.1, -0.05) is 6.55 Å². The van der Waals surface area contributed by atoms with E-state index in [0.29, 0.717) is 0 Å². The minimum Gasteiger partial charge on any atom is -0.348 e. The van der Waals surface area contributed by atoms with Gasteiger partial charge in [0.05, 0.1) is 21.3 Å². The zero-order valence-corrected chi connectivity index (χ0v) is 9.48. The van der Waals surface area contributed by atoms with Gasteiger partial charge in [0.1, 0.15) is 0 Å². The molecule has 0 amide bonds. The summed E-state index contributed by atoms with van der Waals surface area (Å²) in [5, 5.41) is 0. The second kappa shape index (κ2) is 7.35. The van der Waals surface area contributed by atoms with E-state index in [0.717, 1.165) is 0 Å². The van der Waals surface area contributed by atoms with Gasteiger partial charge in [0.2, 0.25) is 0 Å². The summed E-state index contributed by atoms with van der Waals surface area (Å²) in [6.07, 6.45) is -1.90. The molecule has 0 unspecified atom stereocenters. The van der Waals surface area contributed by atoms with E-state index >= 15 is 0 Å². The Morgan fingerprint density at radius 3 is 1.46 bits per heavy atom. The van der Waals surface area contributed by atoms with Crippen molar-refractivity contribution in [3.05, 3.63) is 0 Å². The van der Waals surface area contributed by atoms with Crippen molar-refractivity contribution >= 4 is 9.76 Å². The van der Waals surface area contributed by atoms with Crippen molar-refractivity contribution in [1.29, 1.82) is 0 Å². The average Bonchev–Trinajstić information content (AvgIpc) is 2.06. The molecular formula is C5H14O7Si. The van der Waals surface area contributed by atoms with Gasteiger partial charge < -0.3 is 4.43 Å². The van der Waals surface area contributed by atoms with Crippen molar-refractivity contribution in [2.75, 3.05) is 21.3 Å². The van der Waals surface area contributed by atoms with Gasteiger partial charge >= 0.3 is 6.16 Å². The molecule has 0 aromatic rings. The molecule has 8 heteroatoms. The summed E-state index contributed by atoms with van der Waals surface area (Å²) in [5.41, 5.74) is 0. The highest BCUT2D eigenvalue weighted by Crippen LogP contribution is 2.17. The fraction of sp³-hybridized carbons (Fsp3) is 1.00. The molecular weight excluding hydrogens is 200 g/mol. The van der Waals surface area contributed by atoms with Crippen molar-refractivity contribution < 1.29 is 33.8 Å². The molecule has 7 nitrogen and oxygen atoms in total. The largest absolute Gasteiger partial charge is 0.482 e. The minimum absolute atomic E-state index is 0.866. The van der Waals surface area contributed by atoms with Crippen LogP contribution in [0.3, 0.4) is 0 Å². The van der Waals surface area contributed by atoms with Crippen LogP contribution in [0, 0.1) is 0 Å². The van der Waals surface area contributed by atoms with E-state index in [1.807, 2.05) is 6.55 Å². The zero-order chi connectivity index (χ0) is 10.2. The van der Waals surface area contributed by atoms with Crippen LogP contribution in [0.1, 0.15) is 0 Å². The second-order valence-corrected chi connectivity index (χ2v) is 2.55. The van der Waals surface area contributed by atoms with Gasteiger partial charge in [-0.3, -0.25) is 0 Å². The molecule has 0 N–H and O–H groups in total. The summed E-state index contributed by atoms with van der Waals surface area (Å²) in [6.45, 7) is 1.84. The Morgan fingerprint density at radius 2 is 1.23 bits per heavy atom. The van der Waals surface area contributed by atoms with Gasteiger partial charge in [0, 0.05) is 0 Å². The van der Waals surface area contributed by atoms with E-state index in [1.54, 1.807) is 0 Å². The summed E-state index contributed by atoms with van der Waals surface area (Å²) >= 11 is 0. The molecule has 80 valence electrons. The highest BCUT2D eigenvalue weighted by atomic mass is 28.2. The predicted molar refractivity (Wildman–Crippen MR) is 42.5 cm³/mol. The normalized spacial score (nSPS) is 12.9. The molecule has 0 aliphatic carbocycles. The minimum atomic E-state index is -1.90. The maximum Gasteiger partial charge on any atom is 0.482 e. The maximum atomic E-state index is 5.05. The first-order valence-corrected chi connectivity index (χ1v) is 5.53. The van der Waals surface area contributed by atoms with Crippen LogP contribution < -0.4 is 0 Å². The van der Waals surface area contributed by atoms with Crippen LogP contribution in [0.4, 0.5) is 0 Å². The first kappa shape index (κ1) is 12.9. The van der Waals surface area contributed by atoms with Crippen LogP contribution in [0.15, 0.2) is 0 Å². The molecule has 0 heterocycles. The van der Waals surface area contributed by atoms with Gasteiger partial charge in [-0.2, -0.15) is 0 Å². The Morgan fingerprint density at radius 1 is 0.846 bits per heavy atom. The molecule has 0 fully saturated rings. The summed E-state index contributed by atoms with van der Waals surface area (Å²) in [5.74, 6) is 0. The van der Waals surface area contributed by atoms with Gasteiger partial charge in [0.15, 0.2) is 9.76 Å². The molecule has 13 heavy (non-hydrogen) atoms. The third kappa shape index (κ3) is 4.64. The second-order valence-electron chi connectivity index (χ2n) is 1.68. The average molecular weight is 214 g/mol. The molecule has 0 atom stereocenters. The quantitative estimate of drug-likeness (QED) is 0.233. The van der Waals surface area contributed by atoms with Crippen LogP contribution in [0.2, 0.25) is 6.55 Å². The molecule has 0 spiro atoms. The van der Waals surface area contributed by atoms with Crippen LogP contribution >= 0.6 is 0 Å². The van der Waals surface area contributed by atoms with E-state index < -0.39 is 15.9 Å². The molecule has 0 bridgehead atoms. The monoisotopic (exact) mass is 214 g/mol. The first-order valence-electron chi connectivity index (χ1n) is 3.54. The Hall–Kier alpha value is -0.0631. The van der Waals surface area contributed by atoms with E-state index in [4.69, 9.17) is 4.43 Å². The molecule has 0 aromatic heterocycles. The van der Waals surface area contributed by atoms with E-state index in [9.17, 15) is 0 Å². The fourth-order valence-corrected chi connectivity index (χ4v) is 1.09. The van der Waals surface area contributed by atoms with Crippen molar-refractivity contribution in [2.24, 2.45) is 0 Å². The van der Waals surface area contributed by atoms with Gasteiger partial charge in [-0.25, -0.2) is 14.7 Å². The van der Waals surface area contributed by atoms with Gasteiger partial charge in [-0.05, 0) is 0 Å². The first-order chi connectivity index (χ1) is 6.24. The van der Waals surface area contributed by atoms with Gasteiger partial charge in [-0.15, -0.1) is 14.7 Å². The van der Waals surface area contributed by atoms with E-state index in [2.05, 4.69) is 29.3 Å². The lowest BCUT2D eigenvalue weighted by molar-refractivity contribution is -0.674.